The van der Waals surface area contributed by atoms with Gasteiger partial charge in [-0.2, -0.15) is 0 Å². The van der Waals surface area contributed by atoms with Crippen LogP contribution in [0.25, 0.3) is 5.52 Å². The van der Waals surface area contributed by atoms with Crippen LogP contribution in [-0.2, 0) is 0 Å². The van der Waals surface area contributed by atoms with E-state index in [4.69, 9.17) is 5.73 Å². The predicted molar refractivity (Wildman–Crippen MR) is 122 cm³/mol. The van der Waals surface area contributed by atoms with Gasteiger partial charge in [0.2, 0.25) is 5.78 Å². The number of nitrogens with one attached hydrogen (secondary N) is 1. The number of carbonyl (C=O) groups excluding carboxylic acids is 2. The van der Waals surface area contributed by atoms with Crippen molar-refractivity contribution in [3.8, 4) is 0 Å². The topological polar surface area (TPSA) is 120 Å². The number of aryl methyl sites for hydroxylation is 1. The van der Waals surface area contributed by atoms with Crippen molar-refractivity contribution in [2.75, 3.05) is 11.1 Å². The Bertz CT molecular complexity index is 1400. The smallest absolute Gasteiger partial charge is 0.270 e. The summed E-state index contributed by atoms with van der Waals surface area (Å²) in [5, 5.41) is 14.0. The molecule has 1 amide bonds. The number of fused-ring (bicyclic) bond motifs is 1. The predicted octanol–water partition coefficient (Wildman–Crippen LogP) is 4.53. The van der Waals surface area contributed by atoms with Crippen LogP contribution < -0.4 is 11.1 Å². The zero-order valence-electron chi connectivity index (χ0n) is 17.5. The Balaban J connectivity index is 1.83. The lowest BCUT2D eigenvalue weighted by Gasteiger charge is -2.10. The minimum Gasteiger partial charge on any atom is -0.396 e. The fraction of sp³-hybridized carbons (Fsp3) is 0.0833. The van der Waals surface area contributed by atoms with E-state index in [1.807, 2.05) is 26.0 Å². The van der Waals surface area contributed by atoms with E-state index in [0.29, 0.717) is 11.2 Å². The van der Waals surface area contributed by atoms with E-state index in [1.165, 1.54) is 28.7 Å². The van der Waals surface area contributed by atoms with E-state index >= 15 is 0 Å². The highest BCUT2D eigenvalue weighted by Crippen LogP contribution is 2.30. The number of nitro groups is 1. The second kappa shape index (κ2) is 7.99. The van der Waals surface area contributed by atoms with Gasteiger partial charge in [0, 0.05) is 29.6 Å². The van der Waals surface area contributed by atoms with Crippen molar-refractivity contribution in [3.05, 3.63) is 105 Å². The largest absolute Gasteiger partial charge is 0.396 e. The second-order valence-electron chi connectivity index (χ2n) is 7.43. The number of hydrogen-bond acceptors (Lipinski definition) is 5. The summed E-state index contributed by atoms with van der Waals surface area (Å²) in [6.45, 7) is 3.85. The van der Waals surface area contributed by atoms with Crippen LogP contribution in [0.5, 0.6) is 0 Å². The molecule has 8 heteroatoms. The van der Waals surface area contributed by atoms with Crippen molar-refractivity contribution in [2.45, 2.75) is 13.8 Å². The molecule has 32 heavy (non-hydrogen) atoms. The van der Waals surface area contributed by atoms with Gasteiger partial charge in [-0.3, -0.25) is 19.7 Å². The molecule has 0 aliphatic rings. The molecule has 3 N–H and O–H groups in total. The molecule has 8 nitrogen and oxygen atoms in total. The molecule has 160 valence electrons. The summed E-state index contributed by atoms with van der Waals surface area (Å²) >= 11 is 0. The normalized spacial score (nSPS) is 10.8. The standard InChI is InChI=1S/C24H20N4O4/c1-14-7-5-10-18(15(14)2)26-24(30)20-19-11-3-4-12-27(19)22(21(20)25)23(29)16-8-6-9-17(13-16)28(31)32/h3-13H,25H2,1-2H3,(H,26,30). The quantitative estimate of drug-likeness (QED) is 0.275. The molecule has 0 unspecified atom stereocenters. The van der Waals surface area contributed by atoms with Crippen molar-refractivity contribution in [3.63, 3.8) is 0 Å². The third kappa shape index (κ3) is 3.47. The number of anilines is 2. The van der Waals surface area contributed by atoms with Gasteiger partial charge in [-0.05, 0) is 43.2 Å². The molecule has 0 bridgehead atoms. The van der Waals surface area contributed by atoms with Crippen molar-refractivity contribution in [2.24, 2.45) is 0 Å². The average Bonchev–Trinajstić information content (AvgIpc) is 3.08. The highest BCUT2D eigenvalue weighted by Gasteiger charge is 2.27. The molecule has 0 aliphatic heterocycles. The van der Waals surface area contributed by atoms with E-state index in [2.05, 4.69) is 5.32 Å². The number of benzene rings is 2. The zero-order chi connectivity index (χ0) is 23.0. The van der Waals surface area contributed by atoms with E-state index in [-0.39, 0.29) is 28.2 Å². The molecule has 0 saturated heterocycles. The maximum absolute atomic E-state index is 13.3. The van der Waals surface area contributed by atoms with Crippen molar-refractivity contribution < 1.29 is 14.5 Å². The first kappa shape index (κ1) is 20.8. The minimum absolute atomic E-state index is 0.00973. The van der Waals surface area contributed by atoms with Gasteiger partial charge in [0.05, 0.1) is 21.7 Å². The third-order valence-electron chi connectivity index (χ3n) is 5.50. The number of ketones is 1. The van der Waals surface area contributed by atoms with Crippen molar-refractivity contribution in [1.29, 1.82) is 0 Å². The fourth-order valence-corrected chi connectivity index (χ4v) is 3.67. The van der Waals surface area contributed by atoms with Crippen LogP contribution in [0.3, 0.4) is 0 Å². The Morgan fingerprint density at radius 3 is 2.53 bits per heavy atom. The van der Waals surface area contributed by atoms with Gasteiger partial charge in [-0.15, -0.1) is 0 Å². The second-order valence-corrected chi connectivity index (χ2v) is 7.43. The molecule has 0 radical (unpaired) electrons. The Morgan fingerprint density at radius 1 is 1.03 bits per heavy atom. The first-order chi connectivity index (χ1) is 15.3. The Morgan fingerprint density at radius 2 is 1.78 bits per heavy atom. The van der Waals surface area contributed by atoms with Gasteiger partial charge in [0.1, 0.15) is 5.69 Å². The highest BCUT2D eigenvalue weighted by atomic mass is 16.6. The number of nitrogen functional groups attached to an aromatic ring is 1. The first-order valence-corrected chi connectivity index (χ1v) is 9.85. The summed E-state index contributed by atoms with van der Waals surface area (Å²) in [4.78, 5) is 37.1. The summed E-state index contributed by atoms with van der Waals surface area (Å²) in [7, 11) is 0. The fourth-order valence-electron chi connectivity index (χ4n) is 3.67. The van der Waals surface area contributed by atoms with Gasteiger partial charge < -0.3 is 15.5 Å². The Hall–Kier alpha value is -4.46. The van der Waals surface area contributed by atoms with Gasteiger partial charge in [-0.25, -0.2) is 0 Å². The van der Waals surface area contributed by atoms with Crippen LogP contribution in [0.15, 0.2) is 66.9 Å². The molecule has 2 aromatic carbocycles. The third-order valence-corrected chi connectivity index (χ3v) is 5.50. The molecule has 4 rings (SSSR count). The van der Waals surface area contributed by atoms with Crippen molar-refractivity contribution in [1.82, 2.24) is 4.40 Å². The van der Waals surface area contributed by atoms with Crippen LogP contribution in [-0.4, -0.2) is 21.0 Å². The van der Waals surface area contributed by atoms with Crippen LogP contribution >= 0.6 is 0 Å². The monoisotopic (exact) mass is 428 g/mol. The molecule has 0 aliphatic carbocycles. The van der Waals surface area contributed by atoms with Crippen LogP contribution in [0.4, 0.5) is 17.1 Å². The number of nitro benzene ring substituents is 1. The number of aromatic nitrogens is 1. The Labute approximate surface area is 183 Å². The van der Waals surface area contributed by atoms with Gasteiger partial charge >= 0.3 is 0 Å². The average molecular weight is 428 g/mol. The number of carbonyl (C=O) groups is 2. The maximum Gasteiger partial charge on any atom is 0.270 e. The van der Waals surface area contributed by atoms with Crippen LogP contribution in [0.2, 0.25) is 0 Å². The number of nitrogens with zero attached hydrogens (tertiary/aromatic N) is 2. The van der Waals surface area contributed by atoms with Crippen molar-refractivity contribution >= 4 is 34.3 Å². The number of rotatable bonds is 5. The highest BCUT2D eigenvalue weighted by molar-refractivity contribution is 6.20. The lowest BCUT2D eigenvalue weighted by atomic mass is 10.1. The molecule has 0 atom stereocenters. The van der Waals surface area contributed by atoms with Crippen LogP contribution in [0.1, 0.15) is 37.5 Å². The number of non-ortho nitro benzene ring substituents is 1. The van der Waals surface area contributed by atoms with Gasteiger partial charge in [0.15, 0.2) is 0 Å². The molecule has 2 aromatic heterocycles. The first-order valence-electron chi connectivity index (χ1n) is 9.85. The molecular weight excluding hydrogens is 408 g/mol. The van der Waals surface area contributed by atoms with E-state index in [9.17, 15) is 19.7 Å². The zero-order valence-corrected chi connectivity index (χ0v) is 17.5. The lowest BCUT2D eigenvalue weighted by Crippen LogP contribution is -2.15. The van der Waals surface area contributed by atoms with Gasteiger partial charge in [-0.1, -0.05) is 30.3 Å². The SMILES string of the molecule is Cc1cccc(NC(=O)c2c(N)c(C(=O)c3cccc([N+](=O)[O-])c3)n3ccccc23)c1C. The Kier molecular flexibility index (Phi) is 5.19. The minimum atomic E-state index is -0.570. The van der Waals surface area contributed by atoms with E-state index in [1.54, 1.807) is 30.5 Å². The summed E-state index contributed by atoms with van der Waals surface area (Å²) in [5.41, 5.74) is 9.56. The summed E-state index contributed by atoms with van der Waals surface area (Å²) in [6.07, 6.45) is 1.63. The number of amides is 1. The molecule has 2 heterocycles. The van der Waals surface area contributed by atoms with E-state index < -0.39 is 16.6 Å². The van der Waals surface area contributed by atoms with E-state index in [0.717, 1.165) is 11.1 Å². The summed E-state index contributed by atoms with van der Waals surface area (Å²) in [5.74, 6) is -0.962. The molecular formula is C24H20N4O4. The molecule has 0 spiro atoms. The molecule has 4 aromatic rings. The van der Waals surface area contributed by atoms with Crippen LogP contribution in [0, 0.1) is 24.0 Å². The summed E-state index contributed by atoms with van der Waals surface area (Å²) in [6, 6.07) is 16.1. The number of nitrogens with two attached hydrogens (primary N) is 1. The molecule has 0 fully saturated rings. The lowest BCUT2D eigenvalue weighted by molar-refractivity contribution is -0.384. The number of pyridine rings is 1. The number of hydrogen-bond donors (Lipinski definition) is 2. The molecule has 0 saturated carbocycles. The summed E-state index contributed by atoms with van der Waals surface area (Å²) < 4.78 is 1.54. The van der Waals surface area contributed by atoms with Gasteiger partial charge in [0.25, 0.3) is 11.6 Å². The maximum atomic E-state index is 13.3.